The van der Waals surface area contributed by atoms with Crippen LogP contribution < -0.4 is 5.32 Å². The number of fused-ring (bicyclic) bond motifs is 1. The van der Waals surface area contributed by atoms with Gasteiger partial charge >= 0.3 is 0 Å². The molecule has 1 N–H and O–H groups in total. The number of carbonyl (C=O) groups excluding carboxylic acids is 2. The normalized spacial score (nSPS) is 30.7. The zero-order valence-electron chi connectivity index (χ0n) is 9.32. The molecule has 2 aliphatic heterocycles. The van der Waals surface area contributed by atoms with Crippen LogP contribution in [0.1, 0.15) is 33.1 Å². The van der Waals surface area contributed by atoms with Gasteiger partial charge in [0.15, 0.2) is 0 Å². The first-order chi connectivity index (χ1) is 7.09. The van der Waals surface area contributed by atoms with E-state index in [1.807, 2.05) is 0 Å². The van der Waals surface area contributed by atoms with Crippen LogP contribution in [0.3, 0.4) is 0 Å². The van der Waals surface area contributed by atoms with E-state index in [-0.39, 0.29) is 23.9 Å². The standard InChI is InChI=1S/C11H18N2O2/c1-7(2)6-8-11(15)13-5-3-4-9(13)10(14)12-8/h7-9H,3-6H2,1-2H3,(H,12,14)/t8-,9?/m1/s1. The van der Waals surface area contributed by atoms with Crippen molar-refractivity contribution in [2.24, 2.45) is 5.92 Å². The molecule has 2 heterocycles. The Labute approximate surface area is 90.0 Å². The van der Waals surface area contributed by atoms with Gasteiger partial charge in [0, 0.05) is 6.54 Å². The van der Waals surface area contributed by atoms with Crippen molar-refractivity contribution in [3.63, 3.8) is 0 Å². The Morgan fingerprint density at radius 1 is 1.47 bits per heavy atom. The van der Waals surface area contributed by atoms with Gasteiger partial charge in [-0.25, -0.2) is 0 Å². The zero-order chi connectivity index (χ0) is 11.0. The van der Waals surface area contributed by atoms with Gasteiger partial charge in [-0.3, -0.25) is 9.59 Å². The topological polar surface area (TPSA) is 49.4 Å². The molecule has 2 rings (SSSR count). The first kappa shape index (κ1) is 10.5. The molecule has 1 unspecified atom stereocenters. The van der Waals surface area contributed by atoms with E-state index in [1.165, 1.54) is 0 Å². The van der Waals surface area contributed by atoms with Crippen LogP contribution in [-0.4, -0.2) is 35.3 Å². The number of piperazine rings is 1. The van der Waals surface area contributed by atoms with Crippen LogP contribution in [0, 0.1) is 5.92 Å². The number of nitrogens with zero attached hydrogens (tertiary/aromatic N) is 1. The van der Waals surface area contributed by atoms with Crippen LogP contribution in [0.5, 0.6) is 0 Å². The third kappa shape index (κ3) is 1.85. The molecule has 15 heavy (non-hydrogen) atoms. The molecule has 0 aliphatic carbocycles. The SMILES string of the molecule is CC(C)C[C@H]1NC(=O)C2CCCN2C1=O. The van der Waals surface area contributed by atoms with E-state index in [4.69, 9.17) is 0 Å². The zero-order valence-corrected chi connectivity index (χ0v) is 9.32. The largest absolute Gasteiger partial charge is 0.342 e. The number of nitrogens with one attached hydrogen (secondary N) is 1. The molecule has 2 aliphatic rings. The second-order valence-electron chi connectivity index (χ2n) is 4.88. The Hall–Kier alpha value is -1.06. The third-order valence-electron chi connectivity index (χ3n) is 3.16. The predicted molar refractivity (Wildman–Crippen MR) is 56.1 cm³/mol. The second kappa shape index (κ2) is 3.83. The smallest absolute Gasteiger partial charge is 0.245 e. The maximum absolute atomic E-state index is 12.0. The van der Waals surface area contributed by atoms with Crippen LogP contribution in [0.25, 0.3) is 0 Å². The quantitative estimate of drug-likeness (QED) is 0.722. The monoisotopic (exact) mass is 210 g/mol. The molecule has 2 atom stereocenters. The first-order valence-corrected chi connectivity index (χ1v) is 5.70. The average Bonchev–Trinajstić information content (AvgIpc) is 2.61. The summed E-state index contributed by atoms with van der Waals surface area (Å²) in [5, 5.41) is 2.84. The minimum atomic E-state index is -0.285. The number of amides is 2. The maximum Gasteiger partial charge on any atom is 0.245 e. The third-order valence-corrected chi connectivity index (χ3v) is 3.16. The van der Waals surface area contributed by atoms with Crippen LogP contribution in [-0.2, 0) is 9.59 Å². The fraction of sp³-hybridized carbons (Fsp3) is 0.818. The first-order valence-electron chi connectivity index (χ1n) is 5.70. The lowest BCUT2D eigenvalue weighted by Gasteiger charge is -2.35. The Kier molecular flexibility index (Phi) is 2.67. The molecule has 0 aromatic carbocycles. The molecule has 0 aromatic heterocycles. The number of carbonyl (C=O) groups is 2. The van der Waals surface area contributed by atoms with Crippen molar-refractivity contribution in [2.75, 3.05) is 6.54 Å². The molecule has 2 saturated heterocycles. The van der Waals surface area contributed by atoms with Crippen molar-refractivity contribution in [2.45, 2.75) is 45.2 Å². The summed E-state index contributed by atoms with van der Waals surface area (Å²) >= 11 is 0. The van der Waals surface area contributed by atoms with E-state index >= 15 is 0 Å². The Bertz CT molecular complexity index is 288. The Morgan fingerprint density at radius 2 is 2.20 bits per heavy atom. The fourth-order valence-corrected chi connectivity index (χ4v) is 2.46. The summed E-state index contributed by atoms with van der Waals surface area (Å²) in [4.78, 5) is 25.5. The van der Waals surface area contributed by atoms with Crippen molar-refractivity contribution < 1.29 is 9.59 Å². The minimum Gasteiger partial charge on any atom is -0.342 e. The summed E-state index contributed by atoms with van der Waals surface area (Å²) in [7, 11) is 0. The van der Waals surface area contributed by atoms with Gasteiger partial charge in [0.1, 0.15) is 12.1 Å². The lowest BCUT2D eigenvalue weighted by Crippen LogP contribution is -2.61. The lowest BCUT2D eigenvalue weighted by molar-refractivity contribution is -0.147. The van der Waals surface area contributed by atoms with E-state index in [9.17, 15) is 9.59 Å². The summed E-state index contributed by atoms with van der Waals surface area (Å²) in [5.41, 5.74) is 0. The number of hydrogen-bond donors (Lipinski definition) is 1. The number of rotatable bonds is 2. The summed E-state index contributed by atoms with van der Waals surface area (Å²) in [6, 6.07) is -0.465. The molecule has 84 valence electrons. The molecule has 0 radical (unpaired) electrons. The van der Waals surface area contributed by atoms with Gasteiger partial charge in [0.25, 0.3) is 0 Å². The van der Waals surface area contributed by atoms with Gasteiger partial charge in [-0.05, 0) is 25.2 Å². The summed E-state index contributed by atoms with van der Waals surface area (Å²) in [5.74, 6) is 0.585. The highest BCUT2D eigenvalue weighted by Crippen LogP contribution is 2.23. The van der Waals surface area contributed by atoms with E-state index in [2.05, 4.69) is 19.2 Å². The van der Waals surface area contributed by atoms with E-state index in [0.29, 0.717) is 5.92 Å². The number of hydrogen-bond acceptors (Lipinski definition) is 2. The molecular formula is C11H18N2O2. The van der Waals surface area contributed by atoms with E-state index in [0.717, 1.165) is 25.8 Å². The molecule has 4 nitrogen and oxygen atoms in total. The van der Waals surface area contributed by atoms with Crippen molar-refractivity contribution >= 4 is 11.8 Å². The Morgan fingerprint density at radius 3 is 2.87 bits per heavy atom. The highest BCUT2D eigenvalue weighted by Gasteiger charge is 2.42. The highest BCUT2D eigenvalue weighted by atomic mass is 16.2. The van der Waals surface area contributed by atoms with Gasteiger partial charge < -0.3 is 10.2 Å². The molecule has 0 spiro atoms. The summed E-state index contributed by atoms with van der Waals surface area (Å²) in [6.07, 6.45) is 2.53. The van der Waals surface area contributed by atoms with Gasteiger partial charge in [-0.2, -0.15) is 0 Å². The molecule has 2 amide bonds. The van der Waals surface area contributed by atoms with Gasteiger partial charge in [0.05, 0.1) is 0 Å². The van der Waals surface area contributed by atoms with Crippen molar-refractivity contribution in [3.05, 3.63) is 0 Å². The lowest BCUT2D eigenvalue weighted by atomic mass is 9.99. The molecule has 0 aromatic rings. The van der Waals surface area contributed by atoms with Crippen molar-refractivity contribution in [1.29, 1.82) is 0 Å². The van der Waals surface area contributed by atoms with Gasteiger partial charge in [-0.15, -0.1) is 0 Å². The van der Waals surface area contributed by atoms with Crippen molar-refractivity contribution in [1.82, 2.24) is 10.2 Å². The highest BCUT2D eigenvalue weighted by molar-refractivity contribution is 5.97. The molecule has 4 heteroatoms. The van der Waals surface area contributed by atoms with Crippen LogP contribution in [0.4, 0.5) is 0 Å². The van der Waals surface area contributed by atoms with Crippen LogP contribution in [0.2, 0.25) is 0 Å². The Balaban J connectivity index is 2.10. The summed E-state index contributed by atoms with van der Waals surface area (Å²) < 4.78 is 0. The second-order valence-corrected chi connectivity index (χ2v) is 4.88. The average molecular weight is 210 g/mol. The van der Waals surface area contributed by atoms with Gasteiger partial charge in [0.2, 0.25) is 11.8 Å². The minimum absolute atomic E-state index is 0.0396. The fourth-order valence-electron chi connectivity index (χ4n) is 2.46. The van der Waals surface area contributed by atoms with Crippen molar-refractivity contribution in [3.8, 4) is 0 Å². The maximum atomic E-state index is 12.0. The molecule has 0 saturated carbocycles. The molecule has 2 fully saturated rings. The van der Waals surface area contributed by atoms with E-state index < -0.39 is 0 Å². The van der Waals surface area contributed by atoms with Gasteiger partial charge in [-0.1, -0.05) is 13.8 Å². The van der Waals surface area contributed by atoms with Crippen LogP contribution >= 0.6 is 0 Å². The summed E-state index contributed by atoms with van der Waals surface area (Å²) in [6.45, 7) is 4.89. The van der Waals surface area contributed by atoms with E-state index in [1.54, 1.807) is 4.90 Å². The molecule has 0 bridgehead atoms. The molecular weight excluding hydrogens is 192 g/mol. The van der Waals surface area contributed by atoms with Crippen LogP contribution in [0.15, 0.2) is 0 Å². The predicted octanol–water partition coefficient (Wildman–Crippen LogP) is 0.522.